The van der Waals surface area contributed by atoms with Crippen molar-refractivity contribution in [2.75, 3.05) is 0 Å². The molecule has 0 aliphatic heterocycles. The molecule has 0 aliphatic rings. The van der Waals surface area contributed by atoms with Gasteiger partial charge >= 0.3 is 0 Å². The van der Waals surface area contributed by atoms with E-state index in [1.165, 1.54) is 0 Å². The first-order chi connectivity index (χ1) is 10.6. The van der Waals surface area contributed by atoms with E-state index < -0.39 is 0 Å². The van der Waals surface area contributed by atoms with Crippen molar-refractivity contribution in [3.63, 3.8) is 0 Å². The summed E-state index contributed by atoms with van der Waals surface area (Å²) in [5, 5.41) is 9.32. The van der Waals surface area contributed by atoms with Crippen LogP contribution in [-0.4, -0.2) is 9.55 Å². The van der Waals surface area contributed by atoms with Crippen LogP contribution in [0.3, 0.4) is 0 Å². The maximum Gasteiger partial charge on any atom is 0.267 e. The van der Waals surface area contributed by atoms with E-state index in [1.807, 2.05) is 73.3 Å². The molecular formula is C18H15N3O. The number of nitriles is 1. The van der Waals surface area contributed by atoms with Crippen LogP contribution in [0.2, 0.25) is 0 Å². The molecule has 0 atom stereocenters. The number of benzene rings is 1. The molecule has 0 fully saturated rings. The van der Waals surface area contributed by atoms with Crippen molar-refractivity contribution in [1.29, 1.82) is 5.26 Å². The zero-order chi connectivity index (χ0) is 15.7. The number of aryl methyl sites for hydroxylation is 2. The Morgan fingerprint density at radius 2 is 1.91 bits per heavy atom. The number of nitrogens with zero attached hydrogens (tertiary/aromatic N) is 2. The second-order valence-corrected chi connectivity index (χ2v) is 5.28. The summed E-state index contributed by atoms with van der Waals surface area (Å²) in [5.74, 6) is 0. The fraction of sp³-hybridized carbons (Fsp3) is 0.111. The summed E-state index contributed by atoms with van der Waals surface area (Å²) in [7, 11) is 1.91. The lowest BCUT2D eigenvalue weighted by Gasteiger charge is -2.09. The number of nitrogens with one attached hydrogen (secondary N) is 1. The zero-order valence-corrected chi connectivity index (χ0v) is 12.4. The number of pyridine rings is 1. The van der Waals surface area contributed by atoms with Crippen LogP contribution < -0.4 is 5.56 Å². The van der Waals surface area contributed by atoms with E-state index >= 15 is 0 Å². The van der Waals surface area contributed by atoms with Gasteiger partial charge in [-0.25, -0.2) is 0 Å². The quantitative estimate of drug-likeness (QED) is 0.787. The lowest BCUT2D eigenvalue weighted by atomic mass is 9.99. The number of hydrogen-bond donors (Lipinski definition) is 1. The number of hydrogen-bond acceptors (Lipinski definition) is 2. The van der Waals surface area contributed by atoms with Crippen molar-refractivity contribution >= 4 is 0 Å². The molecule has 2 aromatic heterocycles. The van der Waals surface area contributed by atoms with E-state index in [4.69, 9.17) is 0 Å². The summed E-state index contributed by atoms with van der Waals surface area (Å²) >= 11 is 0. The predicted octanol–water partition coefficient (Wildman–Crippen LogP) is 3.23. The summed E-state index contributed by atoms with van der Waals surface area (Å²) < 4.78 is 1.93. The van der Waals surface area contributed by atoms with E-state index in [2.05, 4.69) is 4.98 Å². The van der Waals surface area contributed by atoms with Gasteiger partial charge in [0.25, 0.3) is 5.56 Å². The van der Waals surface area contributed by atoms with Crippen molar-refractivity contribution < 1.29 is 0 Å². The Bertz CT molecular complexity index is 924. The van der Waals surface area contributed by atoms with Crippen LogP contribution in [0.1, 0.15) is 11.1 Å². The average molecular weight is 289 g/mol. The highest BCUT2D eigenvalue weighted by Crippen LogP contribution is 2.26. The van der Waals surface area contributed by atoms with Crippen LogP contribution in [0.15, 0.2) is 53.5 Å². The fourth-order valence-electron chi connectivity index (χ4n) is 2.51. The summed E-state index contributed by atoms with van der Waals surface area (Å²) in [6.07, 6.45) is 1.91. The SMILES string of the molecule is Cc1ccc(-c2cc(-c3cccn3C)[nH]c(=O)c2C#N)cc1. The molecule has 0 spiro atoms. The number of aromatic amines is 1. The van der Waals surface area contributed by atoms with E-state index in [0.29, 0.717) is 11.3 Å². The summed E-state index contributed by atoms with van der Waals surface area (Å²) in [4.78, 5) is 15.0. The molecule has 3 aromatic rings. The minimum atomic E-state index is -0.364. The third-order valence-corrected chi connectivity index (χ3v) is 3.73. The van der Waals surface area contributed by atoms with Crippen molar-refractivity contribution in [1.82, 2.24) is 9.55 Å². The van der Waals surface area contributed by atoms with Gasteiger partial charge < -0.3 is 9.55 Å². The van der Waals surface area contributed by atoms with Gasteiger partial charge in [-0.15, -0.1) is 0 Å². The van der Waals surface area contributed by atoms with Gasteiger partial charge in [0.2, 0.25) is 0 Å². The molecule has 4 nitrogen and oxygen atoms in total. The van der Waals surface area contributed by atoms with Crippen LogP contribution in [0.5, 0.6) is 0 Å². The third kappa shape index (κ3) is 2.33. The molecule has 4 heteroatoms. The maximum atomic E-state index is 12.3. The molecule has 0 amide bonds. The molecule has 0 saturated carbocycles. The number of H-pyrrole nitrogens is 1. The Labute approximate surface area is 128 Å². The van der Waals surface area contributed by atoms with Crippen molar-refractivity contribution in [2.24, 2.45) is 7.05 Å². The molecule has 1 N–H and O–H groups in total. The van der Waals surface area contributed by atoms with Gasteiger partial charge in [0.15, 0.2) is 0 Å². The van der Waals surface area contributed by atoms with Gasteiger partial charge in [-0.1, -0.05) is 29.8 Å². The first kappa shape index (κ1) is 13.9. The van der Waals surface area contributed by atoms with E-state index in [1.54, 1.807) is 0 Å². The molecule has 0 bridgehead atoms. The standard InChI is InChI=1S/C18H15N3O/c1-12-5-7-13(8-6-12)14-10-16(17-4-3-9-21(17)2)20-18(22)15(14)11-19/h3-10H,1-2H3,(H,20,22). The van der Waals surface area contributed by atoms with Crippen molar-refractivity contribution in [3.8, 4) is 28.6 Å². The minimum absolute atomic E-state index is 0.141. The van der Waals surface area contributed by atoms with E-state index in [-0.39, 0.29) is 11.1 Å². The van der Waals surface area contributed by atoms with Crippen LogP contribution in [0, 0.1) is 18.3 Å². The second-order valence-electron chi connectivity index (χ2n) is 5.28. The van der Waals surface area contributed by atoms with Crippen LogP contribution in [-0.2, 0) is 7.05 Å². The lowest BCUT2D eigenvalue weighted by molar-refractivity contribution is 0.929. The summed E-state index contributed by atoms with van der Waals surface area (Å²) in [6.45, 7) is 2.00. The van der Waals surface area contributed by atoms with Gasteiger partial charge in [0.05, 0.1) is 11.4 Å². The molecule has 0 radical (unpaired) electrons. The molecule has 22 heavy (non-hydrogen) atoms. The monoisotopic (exact) mass is 289 g/mol. The number of aromatic nitrogens is 2. The van der Waals surface area contributed by atoms with Crippen LogP contribution in [0.4, 0.5) is 0 Å². The van der Waals surface area contributed by atoms with Gasteiger partial charge in [0.1, 0.15) is 11.6 Å². The predicted molar refractivity (Wildman–Crippen MR) is 86.4 cm³/mol. The Morgan fingerprint density at radius 3 is 2.50 bits per heavy atom. The largest absolute Gasteiger partial charge is 0.349 e. The van der Waals surface area contributed by atoms with Gasteiger partial charge in [0, 0.05) is 18.8 Å². The Morgan fingerprint density at radius 1 is 1.18 bits per heavy atom. The highest BCUT2D eigenvalue weighted by atomic mass is 16.1. The number of rotatable bonds is 2. The van der Waals surface area contributed by atoms with E-state index in [9.17, 15) is 10.1 Å². The Hall–Kier alpha value is -3.06. The molecule has 3 rings (SSSR count). The first-order valence-corrected chi connectivity index (χ1v) is 6.96. The highest BCUT2D eigenvalue weighted by molar-refractivity contribution is 5.74. The molecular weight excluding hydrogens is 274 g/mol. The fourth-order valence-corrected chi connectivity index (χ4v) is 2.51. The molecule has 108 valence electrons. The lowest BCUT2D eigenvalue weighted by Crippen LogP contribution is -2.13. The topological polar surface area (TPSA) is 61.6 Å². The molecule has 0 unspecified atom stereocenters. The first-order valence-electron chi connectivity index (χ1n) is 6.96. The van der Waals surface area contributed by atoms with Crippen molar-refractivity contribution in [2.45, 2.75) is 6.92 Å². The molecule has 0 aliphatic carbocycles. The highest BCUT2D eigenvalue weighted by Gasteiger charge is 2.13. The third-order valence-electron chi connectivity index (χ3n) is 3.73. The zero-order valence-electron chi connectivity index (χ0n) is 12.4. The minimum Gasteiger partial charge on any atom is -0.349 e. The van der Waals surface area contributed by atoms with Gasteiger partial charge in [-0.2, -0.15) is 5.26 Å². The molecule has 1 aromatic carbocycles. The molecule has 2 heterocycles. The van der Waals surface area contributed by atoms with Gasteiger partial charge in [-0.05, 0) is 30.7 Å². The second kappa shape index (κ2) is 5.38. The Balaban J connectivity index is 2.27. The van der Waals surface area contributed by atoms with E-state index in [0.717, 1.165) is 16.8 Å². The smallest absolute Gasteiger partial charge is 0.267 e. The van der Waals surface area contributed by atoms with Crippen LogP contribution in [0.25, 0.3) is 22.5 Å². The molecule has 0 saturated heterocycles. The normalized spacial score (nSPS) is 10.4. The average Bonchev–Trinajstić information content (AvgIpc) is 2.93. The van der Waals surface area contributed by atoms with Crippen molar-refractivity contribution in [3.05, 3.63) is 70.1 Å². The maximum absolute atomic E-state index is 12.3. The van der Waals surface area contributed by atoms with Gasteiger partial charge in [-0.3, -0.25) is 4.79 Å². The Kier molecular flexibility index (Phi) is 3.40. The van der Waals surface area contributed by atoms with Crippen LogP contribution >= 0.6 is 0 Å². The summed E-state index contributed by atoms with van der Waals surface area (Å²) in [6, 6.07) is 15.5. The summed E-state index contributed by atoms with van der Waals surface area (Å²) in [5.41, 5.74) is 4.03.